The average molecular weight is 398 g/mol. The van der Waals surface area contributed by atoms with Gasteiger partial charge >= 0.3 is 0 Å². The smallest absolute Gasteiger partial charge is 0.264 e. The highest BCUT2D eigenvalue weighted by atomic mass is 79.9. The Labute approximate surface area is 151 Å². The third-order valence-electron chi connectivity index (χ3n) is 3.22. The van der Waals surface area contributed by atoms with E-state index in [1.54, 1.807) is 24.3 Å². The molecule has 124 valence electrons. The van der Waals surface area contributed by atoms with Crippen LogP contribution < -0.4 is 10.1 Å². The first-order valence-corrected chi connectivity index (χ1v) is 8.05. The van der Waals surface area contributed by atoms with Crippen molar-refractivity contribution in [2.45, 2.75) is 0 Å². The van der Waals surface area contributed by atoms with Crippen LogP contribution in [-0.4, -0.2) is 27.7 Å². The van der Waals surface area contributed by atoms with Crippen LogP contribution in [0.4, 0.5) is 5.95 Å². The van der Waals surface area contributed by atoms with E-state index >= 15 is 0 Å². The van der Waals surface area contributed by atoms with Gasteiger partial charge in [-0.15, -0.1) is 5.10 Å². The lowest BCUT2D eigenvalue weighted by Gasteiger charge is -2.05. The highest BCUT2D eigenvalue weighted by Gasteiger charge is 2.11. The van der Waals surface area contributed by atoms with E-state index in [-0.39, 0.29) is 18.5 Å². The third-order valence-corrected chi connectivity index (χ3v) is 3.91. The summed E-state index contributed by atoms with van der Waals surface area (Å²) in [6, 6.07) is 16.1. The molecule has 0 aliphatic carbocycles. The zero-order valence-electron chi connectivity index (χ0n) is 12.9. The van der Waals surface area contributed by atoms with E-state index in [2.05, 4.69) is 36.4 Å². The number of benzene rings is 2. The number of aromatic amines is 1. The van der Waals surface area contributed by atoms with Crippen LogP contribution in [0.25, 0.3) is 11.4 Å². The number of nitrogens with zero attached hydrogens (tertiary/aromatic N) is 3. The Hall–Kier alpha value is -3.18. The Bertz CT molecular complexity index is 931. The first-order valence-electron chi connectivity index (χ1n) is 7.26. The van der Waals surface area contributed by atoms with Crippen LogP contribution in [0.1, 0.15) is 5.56 Å². The number of nitrogens with one attached hydrogen (secondary N) is 2. The van der Waals surface area contributed by atoms with Crippen LogP contribution in [0.3, 0.4) is 0 Å². The number of ether oxygens (including phenoxy) is 1. The van der Waals surface area contributed by atoms with Gasteiger partial charge in [0.1, 0.15) is 5.75 Å². The summed E-state index contributed by atoms with van der Waals surface area (Å²) in [7, 11) is 0. The summed E-state index contributed by atoms with van der Waals surface area (Å²) >= 11 is 3.44. The van der Waals surface area contributed by atoms with E-state index in [0.29, 0.717) is 17.1 Å². The number of anilines is 1. The number of hydrogen-bond donors (Lipinski definition) is 2. The first-order chi connectivity index (χ1) is 12.2. The maximum Gasteiger partial charge on any atom is 0.264 e. The second kappa shape index (κ2) is 7.59. The molecule has 7 nitrogen and oxygen atoms in total. The monoisotopic (exact) mass is 397 g/mol. The van der Waals surface area contributed by atoms with Crippen LogP contribution in [0.2, 0.25) is 0 Å². The minimum atomic E-state index is -0.387. The van der Waals surface area contributed by atoms with Crippen LogP contribution in [0.15, 0.2) is 53.0 Å². The van der Waals surface area contributed by atoms with Gasteiger partial charge in [-0.2, -0.15) is 10.2 Å². The molecular weight excluding hydrogens is 386 g/mol. The molecule has 0 aliphatic rings. The second-order valence-electron chi connectivity index (χ2n) is 4.96. The quantitative estimate of drug-likeness (QED) is 0.687. The lowest BCUT2D eigenvalue weighted by atomic mass is 10.2. The van der Waals surface area contributed by atoms with Crippen LogP contribution in [0.5, 0.6) is 5.75 Å². The Morgan fingerprint density at radius 3 is 2.72 bits per heavy atom. The molecule has 1 amide bonds. The third kappa shape index (κ3) is 4.22. The number of amides is 1. The summed E-state index contributed by atoms with van der Waals surface area (Å²) in [5.41, 5.74) is 1.36. The molecule has 1 aromatic heterocycles. The Kier molecular flexibility index (Phi) is 5.06. The molecule has 3 rings (SSSR count). The molecule has 0 aliphatic heterocycles. The van der Waals surface area contributed by atoms with Gasteiger partial charge < -0.3 is 4.74 Å². The Balaban J connectivity index is 1.58. The van der Waals surface area contributed by atoms with Crippen molar-refractivity contribution in [3.63, 3.8) is 0 Å². The van der Waals surface area contributed by atoms with Gasteiger partial charge in [-0.25, -0.2) is 0 Å². The molecule has 0 bridgehead atoms. The fourth-order valence-electron chi connectivity index (χ4n) is 2.03. The standard InChI is InChI=1S/C17H12BrN5O2/c18-14-4-2-1-3-13(14)16-21-17(23-22-16)20-15(24)10-25-12-7-5-11(9-19)6-8-12/h1-8H,10H2,(H2,20,21,22,23,24). The first kappa shape index (κ1) is 16.7. The van der Waals surface area contributed by atoms with E-state index in [4.69, 9.17) is 10.00 Å². The number of aromatic nitrogens is 3. The number of halogens is 1. The molecule has 0 atom stereocenters. The molecule has 0 radical (unpaired) electrons. The molecule has 2 aromatic carbocycles. The number of H-pyrrole nitrogens is 1. The minimum Gasteiger partial charge on any atom is -0.484 e. The van der Waals surface area contributed by atoms with Gasteiger partial charge in [0.2, 0.25) is 5.95 Å². The van der Waals surface area contributed by atoms with Gasteiger partial charge in [-0.1, -0.05) is 34.1 Å². The predicted molar refractivity (Wildman–Crippen MR) is 94.8 cm³/mol. The molecule has 1 heterocycles. The SMILES string of the molecule is N#Cc1ccc(OCC(=O)Nc2n[nH]c(-c3ccccc3Br)n2)cc1. The maximum atomic E-state index is 11.9. The zero-order chi connectivity index (χ0) is 17.6. The fraction of sp³-hybridized carbons (Fsp3) is 0.0588. The van der Waals surface area contributed by atoms with Crippen molar-refractivity contribution in [2.75, 3.05) is 11.9 Å². The minimum absolute atomic E-state index is 0.166. The summed E-state index contributed by atoms with van der Waals surface area (Å²) in [5, 5.41) is 18.0. The number of carbonyl (C=O) groups excluding carboxylic acids is 1. The molecular formula is C17H12BrN5O2. The summed E-state index contributed by atoms with van der Waals surface area (Å²) < 4.78 is 6.22. The second-order valence-corrected chi connectivity index (χ2v) is 5.81. The highest BCUT2D eigenvalue weighted by molar-refractivity contribution is 9.10. The van der Waals surface area contributed by atoms with Gasteiger partial charge in [0, 0.05) is 10.0 Å². The van der Waals surface area contributed by atoms with Crippen molar-refractivity contribution in [3.8, 4) is 23.2 Å². The maximum absolute atomic E-state index is 11.9. The molecule has 2 N–H and O–H groups in total. The van der Waals surface area contributed by atoms with Crippen molar-refractivity contribution < 1.29 is 9.53 Å². The van der Waals surface area contributed by atoms with Gasteiger partial charge in [-0.05, 0) is 30.3 Å². The number of hydrogen-bond acceptors (Lipinski definition) is 5. The van der Waals surface area contributed by atoms with Gasteiger partial charge in [0.15, 0.2) is 12.4 Å². The molecule has 0 saturated carbocycles. The van der Waals surface area contributed by atoms with Crippen LogP contribution in [-0.2, 0) is 4.79 Å². The summed E-state index contributed by atoms with van der Waals surface area (Å²) in [6.45, 7) is -0.190. The predicted octanol–water partition coefficient (Wildman–Crippen LogP) is 3.12. The van der Waals surface area contributed by atoms with E-state index < -0.39 is 0 Å². The summed E-state index contributed by atoms with van der Waals surface area (Å²) in [6.07, 6.45) is 0. The normalized spacial score (nSPS) is 10.1. The Morgan fingerprint density at radius 2 is 2.00 bits per heavy atom. The molecule has 0 unspecified atom stereocenters. The lowest BCUT2D eigenvalue weighted by Crippen LogP contribution is -2.20. The van der Waals surface area contributed by atoms with E-state index in [0.717, 1.165) is 10.0 Å². The van der Waals surface area contributed by atoms with E-state index in [1.807, 2.05) is 30.3 Å². The number of carbonyl (C=O) groups is 1. The van der Waals surface area contributed by atoms with Crippen molar-refractivity contribution in [3.05, 3.63) is 58.6 Å². The summed E-state index contributed by atoms with van der Waals surface area (Å²) in [4.78, 5) is 16.2. The lowest BCUT2D eigenvalue weighted by molar-refractivity contribution is -0.118. The van der Waals surface area contributed by atoms with Gasteiger partial charge in [0.25, 0.3) is 5.91 Å². The van der Waals surface area contributed by atoms with Gasteiger partial charge in [-0.3, -0.25) is 15.2 Å². The molecule has 0 fully saturated rings. The zero-order valence-corrected chi connectivity index (χ0v) is 14.4. The van der Waals surface area contributed by atoms with E-state index in [9.17, 15) is 4.79 Å². The van der Waals surface area contributed by atoms with Crippen LogP contribution >= 0.6 is 15.9 Å². The van der Waals surface area contributed by atoms with Crippen molar-refractivity contribution in [2.24, 2.45) is 0 Å². The van der Waals surface area contributed by atoms with Crippen LogP contribution in [0, 0.1) is 11.3 Å². The van der Waals surface area contributed by atoms with Gasteiger partial charge in [0.05, 0.1) is 11.6 Å². The molecule has 8 heteroatoms. The van der Waals surface area contributed by atoms with Crippen molar-refractivity contribution in [1.82, 2.24) is 15.2 Å². The fourth-order valence-corrected chi connectivity index (χ4v) is 2.50. The summed E-state index contributed by atoms with van der Waals surface area (Å²) in [5.74, 6) is 0.815. The number of nitriles is 1. The highest BCUT2D eigenvalue weighted by Crippen LogP contribution is 2.25. The largest absolute Gasteiger partial charge is 0.484 e. The Morgan fingerprint density at radius 1 is 1.24 bits per heavy atom. The topological polar surface area (TPSA) is 104 Å². The number of rotatable bonds is 5. The van der Waals surface area contributed by atoms with Crippen molar-refractivity contribution >= 4 is 27.8 Å². The molecule has 3 aromatic rings. The molecule has 0 spiro atoms. The van der Waals surface area contributed by atoms with E-state index in [1.165, 1.54) is 0 Å². The average Bonchev–Trinajstić information content (AvgIpc) is 3.09. The molecule has 25 heavy (non-hydrogen) atoms. The van der Waals surface area contributed by atoms with Crippen molar-refractivity contribution in [1.29, 1.82) is 5.26 Å². The molecule has 0 saturated heterocycles.